The molecule has 72 valence electrons. The lowest BCUT2D eigenvalue weighted by molar-refractivity contribution is 0.339. The molecule has 1 rings (SSSR count). The van der Waals surface area contributed by atoms with Gasteiger partial charge in [0, 0.05) is 19.6 Å². The van der Waals surface area contributed by atoms with E-state index in [-0.39, 0.29) is 0 Å². The second-order valence-electron chi connectivity index (χ2n) is 3.54. The first-order chi connectivity index (χ1) is 5.86. The van der Waals surface area contributed by atoms with Crippen molar-refractivity contribution in [2.45, 2.75) is 13.3 Å². The summed E-state index contributed by atoms with van der Waals surface area (Å²) >= 11 is 0. The molecule has 0 aromatic carbocycles. The van der Waals surface area contributed by atoms with Gasteiger partial charge in [0.25, 0.3) is 0 Å². The largest absolute Gasteiger partial charge is 0.329 e. The van der Waals surface area contributed by atoms with Crippen LogP contribution in [0.4, 0.5) is 0 Å². The Morgan fingerprint density at radius 2 is 2.42 bits per heavy atom. The van der Waals surface area contributed by atoms with Crippen molar-refractivity contribution in [2.75, 3.05) is 39.3 Å². The fraction of sp³-hybridized carbons (Fsp3) is 1.00. The third kappa shape index (κ3) is 3.09. The van der Waals surface area contributed by atoms with Crippen molar-refractivity contribution in [1.29, 1.82) is 0 Å². The average Bonchev–Trinajstić information content (AvgIpc) is 2.53. The highest BCUT2D eigenvalue weighted by Gasteiger charge is 2.19. The Kier molecular flexibility index (Phi) is 4.58. The summed E-state index contributed by atoms with van der Waals surface area (Å²) in [5.41, 5.74) is 5.39. The first kappa shape index (κ1) is 9.96. The number of hydrogen-bond acceptors (Lipinski definition) is 3. The van der Waals surface area contributed by atoms with Gasteiger partial charge in [-0.1, -0.05) is 6.92 Å². The van der Waals surface area contributed by atoms with Crippen LogP contribution in [-0.4, -0.2) is 44.2 Å². The number of hydrogen-bond donors (Lipinski definition) is 2. The van der Waals surface area contributed by atoms with Crippen molar-refractivity contribution in [1.82, 2.24) is 10.2 Å². The Morgan fingerprint density at radius 3 is 3.00 bits per heavy atom. The van der Waals surface area contributed by atoms with Gasteiger partial charge in [-0.05, 0) is 32.0 Å². The van der Waals surface area contributed by atoms with E-state index in [0.29, 0.717) is 0 Å². The van der Waals surface area contributed by atoms with E-state index in [1.807, 2.05) is 0 Å². The highest BCUT2D eigenvalue weighted by Crippen LogP contribution is 2.14. The molecule has 0 amide bonds. The minimum Gasteiger partial charge on any atom is -0.329 e. The molecule has 3 heteroatoms. The lowest BCUT2D eigenvalue weighted by Gasteiger charge is -2.13. The van der Waals surface area contributed by atoms with Crippen LogP contribution in [0.2, 0.25) is 0 Å². The van der Waals surface area contributed by atoms with Gasteiger partial charge >= 0.3 is 0 Å². The summed E-state index contributed by atoms with van der Waals surface area (Å²) in [5.74, 6) is 0.858. The lowest BCUT2D eigenvalue weighted by atomic mass is 10.1. The predicted molar refractivity (Wildman–Crippen MR) is 52.1 cm³/mol. The van der Waals surface area contributed by atoms with E-state index in [9.17, 15) is 0 Å². The Balaban J connectivity index is 2.03. The Hall–Kier alpha value is -0.120. The molecule has 0 aromatic rings. The van der Waals surface area contributed by atoms with Crippen LogP contribution in [0.1, 0.15) is 13.3 Å². The maximum atomic E-state index is 5.39. The maximum Gasteiger partial charge on any atom is 0.00746 e. The zero-order chi connectivity index (χ0) is 8.81. The molecule has 0 spiro atoms. The van der Waals surface area contributed by atoms with Gasteiger partial charge in [0.2, 0.25) is 0 Å². The van der Waals surface area contributed by atoms with Crippen LogP contribution in [0, 0.1) is 5.92 Å². The SMILES string of the molecule is CCN1CCC(CNCCN)C1. The van der Waals surface area contributed by atoms with Crippen molar-refractivity contribution in [2.24, 2.45) is 11.7 Å². The van der Waals surface area contributed by atoms with Crippen LogP contribution < -0.4 is 11.1 Å². The molecule has 1 fully saturated rings. The summed E-state index contributed by atoms with van der Waals surface area (Å²) < 4.78 is 0. The van der Waals surface area contributed by atoms with Crippen molar-refractivity contribution in [3.63, 3.8) is 0 Å². The summed E-state index contributed by atoms with van der Waals surface area (Å²) in [6, 6.07) is 0. The highest BCUT2D eigenvalue weighted by atomic mass is 15.1. The monoisotopic (exact) mass is 171 g/mol. The zero-order valence-corrected chi connectivity index (χ0v) is 8.05. The fourth-order valence-corrected chi connectivity index (χ4v) is 1.77. The van der Waals surface area contributed by atoms with Crippen LogP contribution in [0.5, 0.6) is 0 Å². The van der Waals surface area contributed by atoms with E-state index < -0.39 is 0 Å². The van der Waals surface area contributed by atoms with Gasteiger partial charge in [-0.2, -0.15) is 0 Å². The van der Waals surface area contributed by atoms with Crippen LogP contribution in [0.15, 0.2) is 0 Å². The van der Waals surface area contributed by atoms with Crippen LogP contribution in [0.3, 0.4) is 0 Å². The first-order valence-corrected chi connectivity index (χ1v) is 5.00. The van der Waals surface area contributed by atoms with Gasteiger partial charge in [-0.3, -0.25) is 0 Å². The smallest absolute Gasteiger partial charge is 0.00746 e. The normalized spacial score (nSPS) is 25.0. The highest BCUT2D eigenvalue weighted by molar-refractivity contribution is 4.76. The zero-order valence-electron chi connectivity index (χ0n) is 8.05. The number of rotatable bonds is 5. The maximum absolute atomic E-state index is 5.39. The third-order valence-corrected chi connectivity index (χ3v) is 2.57. The minimum absolute atomic E-state index is 0.754. The Bertz CT molecular complexity index is 116. The van der Waals surface area contributed by atoms with E-state index in [2.05, 4.69) is 17.1 Å². The molecule has 1 unspecified atom stereocenters. The summed E-state index contributed by atoms with van der Waals surface area (Å²) in [7, 11) is 0. The molecule has 0 aliphatic carbocycles. The molecule has 1 atom stereocenters. The molecule has 1 aliphatic heterocycles. The molecule has 12 heavy (non-hydrogen) atoms. The molecule has 0 radical (unpaired) electrons. The molecule has 1 aliphatic rings. The van der Waals surface area contributed by atoms with E-state index in [1.54, 1.807) is 0 Å². The molecule has 1 saturated heterocycles. The summed E-state index contributed by atoms with van der Waals surface area (Å²) in [6.45, 7) is 8.85. The molecule has 0 bridgehead atoms. The van der Waals surface area contributed by atoms with Crippen molar-refractivity contribution in [3.05, 3.63) is 0 Å². The lowest BCUT2D eigenvalue weighted by Crippen LogP contribution is -2.29. The second-order valence-corrected chi connectivity index (χ2v) is 3.54. The predicted octanol–water partition coefficient (Wildman–Crippen LogP) is -0.123. The number of likely N-dealkylation sites (tertiary alicyclic amines) is 1. The van der Waals surface area contributed by atoms with Crippen LogP contribution in [-0.2, 0) is 0 Å². The van der Waals surface area contributed by atoms with Crippen LogP contribution in [0.25, 0.3) is 0 Å². The second kappa shape index (κ2) is 5.51. The summed E-state index contributed by atoms with van der Waals surface area (Å²) in [4.78, 5) is 2.51. The van der Waals surface area contributed by atoms with Crippen molar-refractivity contribution in [3.8, 4) is 0 Å². The molecule has 3 N–H and O–H groups in total. The molecule has 3 nitrogen and oxygen atoms in total. The van der Waals surface area contributed by atoms with E-state index >= 15 is 0 Å². The summed E-state index contributed by atoms with van der Waals surface area (Å²) in [6.07, 6.45) is 1.35. The van der Waals surface area contributed by atoms with Crippen molar-refractivity contribution < 1.29 is 0 Å². The summed E-state index contributed by atoms with van der Waals surface area (Å²) in [5, 5.41) is 3.37. The van der Waals surface area contributed by atoms with E-state index in [0.717, 1.165) is 25.6 Å². The molecule has 1 heterocycles. The van der Waals surface area contributed by atoms with Crippen LogP contribution >= 0.6 is 0 Å². The molecular weight excluding hydrogens is 150 g/mol. The van der Waals surface area contributed by atoms with E-state index in [4.69, 9.17) is 5.73 Å². The van der Waals surface area contributed by atoms with Crippen molar-refractivity contribution >= 4 is 0 Å². The van der Waals surface area contributed by atoms with E-state index in [1.165, 1.54) is 26.1 Å². The third-order valence-electron chi connectivity index (χ3n) is 2.57. The topological polar surface area (TPSA) is 41.3 Å². The standard InChI is InChI=1S/C9H21N3/c1-2-12-6-3-9(8-12)7-11-5-4-10/h9,11H,2-8,10H2,1H3. The molecular formula is C9H21N3. The van der Waals surface area contributed by atoms with Gasteiger partial charge in [0.05, 0.1) is 0 Å². The Morgan fingerprint density at radius 1 is 1.58 bits per heavy atom. The van der Waals surface area contributed by atoms with Gasteiger partial charge in [0.15, 0.2) is 0 Å². The van der Waals surface area contributed by atoms with Gasteiger partial charge in [-0.25, -0.2) is 0 Å². The number of nitrogens with one attached hydrogen (secondary N) is 1. The molecule has 0 aromatic heterocycles. The first-order valence-electron chi connectivity index (χ1n) is 5.00. The van der Waals surface area contributed by atoms with Gasteiger partial charge < -0.3 is 16.0 Å². The minimum atomic E-state index is 0.754. The van der Waals surface area contributed by atoms with Gasteiger partial charge in [-0.15, -0.1) is 0 Å². The quantitative estimate of drug-likeness (QED) is 0.567. The number of nitrogens with zero attached hydrogens (tertiary/aromatic N) is 1. The number of nitrogens with two attached hydrogens (primary N) is 1. The van der Waals surface area contributed by atoms with Gasteiger partial charge in [0.1, 0.15) is 0 Å². The Labute approximate surface area is 75.3 Å². The average molecular weight is 171 g/mol. The molecule has 0 saturated carbocycles. The fourth-order valence-electron chi connectivity index (χ4n) is 1.77.